The number of nitrogens with one attached hydrogen (secondary N) is 1. The van der Waals surface area contributed by atoms with Crippen LogP contribution < -0.4 is 10.1 Å². The Bertz CT molecular complexity index is 1020. The zero-order chi connectivity index (χ0) is 22.9. The van der Waals surface area contributed by atoms with E-state index in [0.717, 1.165) is 37.6 Å². The van der Waals surface area contributed by atoms with Gasteiger partial charge in [0, 0.05) is 31.2 Å². The summed E-state index contributed by atoms with van der Waals surface area (Å²) in [6.45, 7) is 4.63. The summed E-state index contributed by atoms with van der Waals surface area (Å²) in [6.07, 6.45) is 7.74. The zero-order valence-electron chi connectivity index (χ0n) is 19.8. The van der Waals surface area contributed by atoms with Crippen LogP contribution in [0.1, 0.15) is 57.4 Å². The van der Waals surface area contributed by atoms with Crippen LogP contribution in [0.15, 0.2) is 66.7 Å². The van der Waals surface area contributed by atoms with E-state index in [9.17, 15) is 4.79 Å². The minimum absolute atomic E-state index is 0.0619. The van der Waals surface area contributed by atoms with Crippen LogP contribution in [0.3, 0.4) is 0 Å². The lowest BCUT2D eigenvalue weighted by Crippen LogP contribution is -2.29. The number of amides is 1. The quantitative estimate of drug-likeness (QED) is 0.295. The van der Waals surface area contributed by atoms with Gasteiger partial charge < -0.3 is 10.1 Å². The largest absolute Gasteiger partial charge is 0.494 e. The third-order valence-electron chi connectivity index (χ3n) is 6.35. The second-order valence-electron chi connectivity index (χ2n) is 9.07. The van der Waals surface area contributed by atoms with E-state index in [4.69, 9.17) is 4.74 Å². The normalized spacial score (nSPS) is 13.4. The Morgan fingerprint density at radius 3 is 2.55 bits per heavy atom. The van der Waals surface area contributed by atoms with Gasteiger partial charge in [-0.05, 0) is 59.9 Å². The molecular weight excluding hydrogens is 408 g/mol. The van der Waals surface area contributed by atoms with Crippen molar-refractivity contribution in [3.05, 3.63) is 72.3 Å². The highest BCUT2D eigenvalue weighted by atomic mass is 16.5. The summed E-state index contributed by atoms with van der Waals surface area (Å²) in [4.78, 5) is 15.1. The summed E-state index contributed by atoms with van der Waals surface area (Å²) >= 11 is 0. The minimum atomic E-state index is 0.0619. The number of hydrogen-bond acceptors (Lipinski definition) is 3. The van der Waals surface area contributed by atoms with Crippen molar-refractivity contribution in [1.29, 1.82) is 0 Å². The van der Waals surface area contributed by atoms with Gasteiger partial charge in [-0.15, -0.1) is 0 Å². The summed E-state index contributed by atoms with van der Waals surface area (Å²) < 4.78 is 5.79. The number of ether oxygens (including phenoxy) is 1. The molecule has 0 bridgehead atoms. The monoisotopic (exact) mass is 444 g/mol. The Balaban J connectivity index is 1.26. The molecule has 3 aromatic carbocycles. The second kappa shape index (κ2) is 11.9. The molecule has 4 nitrogen and oxygen atoms in total. The summed E-state index contributed by atoms with van der Waals surface area (Å²) in [5.41, 5.74) is 2.16. The Hall–Kier alpha value is -2.85. The van der Waals surface area contributed by atoms with Crippen LogP contribution in [0.5, 0.6) is 5.75 Å². The fourth-order valence-corrected chi connectivity index (χ4v) is 4.30. The highest BCUT2D eigenvalue weighted by molar-refractivity contribution is 5.91. The van der Waals surface area contributed by atoms with Gasteiger partial charge in [-0.3, -0.25) is 9.69 Å². The molecule has 0 radical (unpaired) electrons. The van der Waals surface area contributed by atoms with E-state index in [2.05, 4.69) is 59.6 Å². The van der Waals surface area contributed by atoms with Crippen LogP contribution in [-0.2, 0) is 11.3 Å². The molecule has 0 spiro atoms. The predicted octanol–water partition coefficient (Wildman–Crippen LogP) is 6.79. The van der Waals surface area contributed by atoms with E-state index in [0.29, 0.717) is 12.5 Å². The maximum Gasteiger partial charge on any atom is 0.225 e. The highest BCUT2D eigenvalue weighted by Gasteiger charge is 2.29. The molecule has 0 heterocycles. The summed E-state index contributed by atoms with van der Waals surface area (Å²) in [6, 6.07) is 23.4. The molecule has 174 valence electrons. The Kier molecular flexibility index (Phi) is 8.37. The van der Waals surface area contributed by atoms with Gasteiger partial charge in [0.05, 0.1) is 6.61 Å². The summed E-state index contributed by atoms with van der Waals surface area (Å²) in [5.74, 6) is 0.922. The first-order valence-electron chi connectivity index (χ1n) is 12.5. The van der Waals surface area contributed by atoms with Crippen molar-refractivity contribution in [3.8, 4) is 5.75 Å². The molecular formula is C29H36N2O2. The molecule has 4 heteroatoms. The summed E-state index contributed by atoms with van der Waals surface area (Å²) in [7, 11) is 0. The third kappa shape index (κ3) is 7.06. The van der Waals surface area contributed by atoms with Crippen LogP contribution in [0.4, 0.5) is 5.69 Å². The molecule has 0 atom stereocenters. The Morgan fingerprint density at radius 1 is 0.970 bits per heavy atom. The third-order valence-corrected chi connectivity index (χ3v) is 6.35. The fourth-order valence-electron chi connectivity index (χ4n) is 4.30. The predicted molar refractivity (Wildman–Crippen MR) is 137 cm³/mol. The summed E-state index contributed by atoms with van der Waals surface area (Å²) in [5, 5.41) is 5.62. The molecule has 0 saturated heterocycles. The number of benzene rings is 3. The molecule has 1 aliphatic carbocycles. The first kappa shape index (κ1) is 23.3. The number of unbranched alkanes of at least 4 members (excludes halogenated alkanes) is 3. The van der Waals surface area contributed by atoms with Crippen molar-refractivity contribution in [2.45, 2.75) is 64.5 Å². The van der Waals surface area contributed by atoms with E-state index in [-0.39, 0.29) is 5.91 Å². The van der Waals surface area contributed by atoms with Crippen molar-refractivity contribution in [3.63, 3.8) is 0 Å². The second-order valence-corrected chi connectivity index (χ2v) is 9.07. The minimum Gasteiger partial charge on any atom is -0.494 e. The lowest BCUT2D eigenvalue weighted by molar-refractivity contribution is -0.116. The number of rotatable bonds is 13. The van der Waals surface area contributed by atoms with Gasteiger partial charge in [0.15, 0.2) is 0 Å². The first-order chi connectivity index (χ1) is 16.2. The number of hydrogen-bond donors (Lipinski definition) is 1. The number of anilines is 1. The zero-order valence-corrected chi connectivity index (χ0v) is 19.8. The van der Waals surface area contributed by atoms with Gasteiger partial charge in [0.25, 0.3) is 0 Å². The Morgan fingerprint density at radius 2 is 1.76 bits per heavy atom. The van der Waals surface area contributed by atoms with Gasteiger partial charge in [0.2, 0.25) is 5.91 Å². The van der Waals surface area contributed by atoms with Crippen LogP contribution in [0, 0.1) is 0 Å². The van der Waals surface area contributed by atoms with E-state index >= 15 is 0 Å². The molecule has 1 fully saturated rings. The van der Waals surface area contributed by atoms with Gasteiger partial charge in [-0.25, -0.2) is 0 Å². The van der Waals surface area contributed by atoms with Crippen molar-refractivity contribution < 1.29 is 9.53 Å². The van der Waals surface area contributed by atoms with E-state index in [1.165, 1.54) is 48.4 Å². The molecule has 4 rings (SSSR count). The van der Waals surface area contributed by atoms with Crippen molar-refractivity contribution in [1.82, 2.24) is 4.90 Å². The van der Waals surface area contributed by atoms with Gasteiger partial charge >= 0.3 is 0 Å². The van der Waals surface area contributed by atoms with Crippen LogP contribution in [0.2, 0.25) is 0 Å². The maximum absolute atomic E-state index is 12.6. The number of carbonyl (C=O) groups excluding carboxylic acids is 1. The number of nitrogens with zero attached hydrogens (tertiary/aromatic N) is 1. The van der Waals surface area contributed by atoms with E-state index in [1.807, 2.05) is 24.3 Å². The van der Waals surface area contributed by atoms with Crippen LogP contribution >= 0.6 is 0 Å². The molecule has 1 amide bonds. The number of fused-ring (bicyclic) bond motifs is 1. The Labute approximate surface area is 197 Å². The van der Waals surface area contributed by atoms with Crippen molar-refractivity contribution in [2.75, 3.05) is 18.5 Å². The number of carbonyl (C=O) groups is 1. The average molecular weight is 445 g/mol. The van der Waals surface area contributed by atoms with Crippen molar-refractivity contribution in [2.24, 2.45) is 0 Å². The molecule has 33 heavy (non-hydrogen) atoms. The van der Waals surface area contributed by atoms with Crippen LogP contribution in [0.25, 0.3) is 10.8 Å². The lowest BCUT2D eigenvalue weighted by Gasteiger charge is -2.22. The molecule has 0 aliphatic heterocycles. The van der Waals surface area contributed by atoms with E-state index in [1.54, 1.807) is 0 Å². The van der Waals surface area contributed by atoms with Gasteiger partial charge in [-0.2, -0.15) is 0 Å². The maximum atomic E-state index is 12.6. The standard InChI is InChI=1S/C29H36N2O2/c1-2-3-4-7-21-33-27-17-13-25(14-18-27)30-29(32)19-20-31(26-15-16-26)22-24-11-8-10-23-9-5-6-12-28(23)24/h5-6,8-14,17-18,26H,2-4,7,15-16,19-22H2,1H3,(H,30,32). The van der Waals surface area contributed by atoms with Gasteiger partial charge in [-0.1, -0.05) is 68.7 Å². The van der Waals surface area contributed by atoms with Crippen LogP contribution in [-0.4, -0.2) is 30.0 Å². The first-order valence-corrected chi connectivity index (χ1v) is 12.5. The smallest absolute Gasteiger partial charge is 0.225 e. The molecule has 1 saturated carbocycles. The SMILES string of the molecule is CCCCCCOc1ccc(NC(=O)CCN(Cc2cccc3ccccc23)C2CC2)cc1. The van der Waals surface area contributed by atoms with Crippen molar-refractivity contribution >= 4 is 22.4 Å². The fraction of sp³-hybridized carbons (Fsp3) is 0.414. The average Bonchev–Trinajstić information content (AvgIpc) is 3.68. The van der Waals surface area contributed by atoms with Gasteiger partial charge in [0.1, 0.15) is 5.75 Å². The molecule has 1 aliphatic rings. The molecule has 1 N–H and O–H groups in total. The van der Waals surface area contributed by atoms with E-state index < -0.39 is 0 Å². The topological polar surface area (TPSA) is 41.6 Å². The molecule has 3 aromatic rings. The highest BCUT2D eigenvalue weighted by Crippen LogP contribution is 2.30. The molecule has 0 unspecified atom stereocenters. The lowest BCUT2D eigenvalue weighted by atomic mass is 10.0. The molecule has 0 aromatic heterocycles.